The van der Waals surface area contributed by atoms with Crippen molar-refractivity contribution in [2.24, 2.45) is 5.92 Å². The summed E-state index contributed by atoms with van der Waals surface area (Å²) in [7, 11) is 1.96. The number of rotatable bonds is 7. The average Bonchev–Trinajstić information content (AvgIpc) is 2.31. The molecule has 2 nitrogen and oxygen atoms in total. The summed E-state index contributed by atoms with van der Waals surface area (Å²) in [6, 6.07) is 8.30. The lowest BCUT2D eigenvalue weighted by atomic mass is 10.1. The second-order valence-electron chi connectivity index (χ2n) is 4.17. The lowest BCUT2D eigenvalue weighted by molar-refractivity contribution is 0.240. The van der Waals surface area contributed by atoms with Crippen LogP contribution in [0.3, 0.4) is 0 Å². The van der Waals surface area contributed by atoms with Crippen molar-refractivity contribution in [3.05, 3.63) is 29.8 Å². The maximum absolute atomic E-state index is 5.81. The summed E-state index contributed by atoms with van der Waals surface area (Å²) in [6.07, 6.45) is 2.37. The Morgan fingerprint density at radius 3 is 2.62 bits per heavy atom. The predicted molar refractivity (Wildman–Crippen MR) is 68.8 cm³/mol. The Morgan fingerprint density at radius 2 is 2.00 bits per heavy atom. The first-order valence-corrected chi connectivity index (χ1v) is 6.16. The van der Waals surface area contributed by atoms with Gasteiger partial charge in [-0.25, -0.2) is 0 Å². The van der Waals surface area contributed by atoms with Crippen molar-refractivity contribution < 1.29 is 4.74 Å². The lowest BCUT2D eigenvalue weighted by Gasteiger charge is -2.14. The van der Waals surface area contributed by atoms with Crippen LogP contribution in [0.25, 0.3) is 0 Å². The number of hydrogen-bond donors (Lipinski definition) is 1. The van der Waals surface area contributed by atoms with E-state index < -0.39 is 0 Å². The summed E-state index contributed by atoms with van der Waals surface area (Å²) in [5, 5.41) is 3.14. The molecule has 1 aromatic rings. The van der Waals surface area contributed by atoms with Crippen LogP contribution in [0.5, 0.6) is 5.75 Å². The van der Waals surface area contributed by atoms with Gasteiger partial charge in [-0.2, -0.15) is 0 Å². The highest BCUT2D eigenvalue weighted by Gasteiger charge is 2.04. The Kier molecular flexibility index (Phi) is 5.94. The molecule has 0 aliphatic carbocycles. The van der Waals surface area contributed by atoms with Crippen LogP contribution in [0.4, 0.5) is 0 Å². The molecule has 0 aliphatic heterocycles. The van der Waals surface area contributed by atoms with Crippen molar-refractivity contribution in [3.8, 4) is 5.75 Å². The smallest absolute Gasteiger partial charge is 0.119 e. The zero-order valence-electron chi connectivity index (χ0n) is 10.6. The Hall–Kier alpha value is -1.02. The lowest BCUT2D eigenvalue weighted by Crippen LogP contribution is -2.10. The highest BCUT2D eigenvalue weighted by Crippen LogP contribution is 2.16. The highest BCUT2D eigenvalue weighted by atomic mass is 16.5. The molecule has 0 bridgehead atoms. The summed E-state index contributed by atoms with van der Waals surface area (Å²) >= 11 is 0. The van der Waals surface area contributed by atoms with Gasteiger partial charge in [0.15, 0.2) is 0 Å². The van der Waals surface area contributed by atoms with Crippen LogP contribution in [0, 0.1) is 5.92 Å². The third kappa shape index (κ3) is 4.23. The second-order valence-corrected chi connectivity index (χ2v) is 4.17. The van der Waals surface area contributed by atoms with E-state index in [9.17, 15) is 0 Å². The van der Waals surface area contributed by atoms with E-state index in [2.05, 4.69) is 37.4 Å². The van der Waals surface area contributed by atoms with E-state index in [1.165, 1.54) is 18.4 Å². The minimum Gasteiger partial charge on any atom is -0.493 e. The van der Waals surface area contributed by atoms with Crippen LogP contribution in [0.1, 0.15) is 32.3 Å². The SMILES string of the molecule is CCC(CC)COc1cccc(CNC)c1. The van der Waals surface area contributed by atoms with E-state index in [1.54, 1.807) is 0 Å². The van der Waals surface area contributed by atoms with Crippen LogP contribution in [-0.4, -0.2) is 13.7 Å². The summed E-state index contributed by atoms with van der Waals surface area (Å²) < 4.78 is 5.81. The fraction of sp³-hybridized carbons (Fsp3) is 0.571. The van der Waals surface area contributed by atoms with Gasteiger partial charge in [-0.1, -0.05) is 38.8 Å². The topological polar surface area (TPSA) is 21.3 Å². The summed E-state index contributed by atoms with van der Waals surface area (Å²) in [5.74, 6) is 1.66. The molecular formula is C14H23NO. The fourth-order valence-electron chi connectivity index (χ4n) is 1.69. The molecule has 0 radical (unpaired) electrons. The molecule has 16 heavy (non-hydrogen) atoms. The minimum absolute atomic E-state index is 0.674. The van der Waals surface area contributed by atoms with Gasteiger partial charge in [0.25, 0.3) is 0 Å². The van der Waals surface area contributed by atoms with Crippen molar-refractivity contribution >= 4 is 0 Å². The summed E-state index contributed by atoms with van der Waals surface area (Å²) in [5.41, 5.74) is 1.27. The van der Waals surface area contributed by atoms with Gasteiger partial charge >= 0.3 is 0 Å². The molecule has 0 saturated carbocycles. The highest BCUT2D eigenvalue weighted by molar-refractivity contribution is 5.28. The van der Waals surface area contributed by atoms with Gasteiger partial charge in [0.2, 0.25) is 0 Å². The van der Waals surface area contributed by atoms with E-state index in [-0.39, 0.29) is 0 Å². The van der Waals surface area contributed by atoms with Crippen LogP contribution < -0.4 is 10.1 Å². The summed E-state index contributed by atoms with van der Waals surface area (Å²) in [6.45, 7) is 6.15. The molecular weight excluding hydrogens is 198 g/mol. The Labute approximate surface area is 99.0 Å². The molecule has 1 rings (SSSR count). The standard InChI is InChI=1S/C14H23NO/c1-4-12(5-2)11-16-14-8-6-7-13(9-14)10-15-3/h6-9,12,15H,4-5,10-11H2,1-3H3. The van der Waals surface area contributed by atoms with Gasteiger partial charge in [0.05, 0.1) is 6.61 Å². The molecule has 0 fully saturated rings. The van der Waals surface area contributed by atoms with Crippen molar-refractivity contribution in [2.75, 3.05) is 13.7 Å². The fourth-order valence-corrected chi connectivity index (χ4v) is 1.69. The van der Waals surface area contributed by atoms with Crippen LogP contribution in [0.15, 0.2) is 24.3 Å². The second kappa shape index (κ2) is 7.29. The molecule has 0 spiro atoms. The third-order valence-corrected chi connectivity index (χ3v) is 2.92. The Balaban J connectivity index is 2.49. The van der Waals surface area contributed by atoms with Crippen molar-refractivity contribution in [3.63, 3.8) is 0 Å². The summed E-state index contributed by atoms with van der Waals surface area (Å²) in [4.78, 5) is 0. The van der Waals surface area contributed by atoms with Crippen molar-refractivity contribution in [1.82, 2.24) is 5.32 Å². The van der Waals surface area contributed by atoms with Gasteiger partial charge in [0, 0.05) is 6.54 Å². The van der Waals surface area contributed by atoms with Gasteiger partial charge in [-0.3, -0.25) is 0 Å². The maximum atomic E-state index is 5.81. The molecule has 0 saturated heterocycles. The largest absolute Gasteiger partial charge is 0.493 e. The molecule has 0 unspecified atom stereocenters. The van der Waals surface area contributed by atoms with Crippen LogP contribution in [0.2, 0.25) is 0 Å². The number of nitrogens with one attached hydrogen (secondary N) is 1. The minimum atomic E-state index is 0.674. The van der Waals surface area contributed by atoms with E-state index >= 15 is 0 Å². The number of hydrogen-bond acceptors (Lipinski definition) is 2. The molecule has 90 valence electrons. The van der Waals surface area contributed by atoms with Crippen LogP contribution in [-0.2, 0) is 6.54 Å². The number of benzene rings is 1. The first kappa shape index (κ1) is 13.0. The molecule has 1 N–H and O–H groups in total. The van der Waals surface area contributed by atoms with Crippen molar-refractivity contribution in [1.29, 1.82) is 0 Å². The first-order valence-electron chi connectivity index (χ1n) is 6.16. The molecule has 0 heterocycles. The molecule has 0 aromatic heterocycles. The van der Waals surface area contributed by atoms with Crippen molar-refractivity contribution in [2.45, 2.75) is 33.2 Å². The monoisotopic (exact) mass is 221 g/mol. The molecule has 0 aliphatic rings. The predicted octanol–water partition coefficient (Wildman–Crippen LogP) is 3.22. The molecule has 0 amide bonds. The maximum Gasteiger partial charge on any atom is 0.119 e. The zero-order valence-corrected chi connectivity index (χ0v) is 10.6. The quantitative estimate of drug-likeness (QED) is 0.763. The number of ether oxygens (including phenoxy) is 1. The normalized spacial score (nSPS) is 10.8. The molecule has 1 aromatic carbocycles. The van der Waals surface area contributed by atoms with Gasteiger partial charge < -0.3 is 10.1 Å². The Bertz CT molecular complexity index is 295. The zero-order chi connectivity index (χ0) is 11.8. The van der Waals surface area contributed by atoms with Gasteiger partial charge in [0.1, 0.15) is 5.75 Å². The average molecular weight is 221 g/mol. The van der Waals surface area contributed by atoms with E-state index in [0.717, 1.165) is 18.9 Å². The Morgan fingerprint density at radius 1 is 1.25 bits per heavy atom. The van der Waals surface area contributed by atoms with E-state index in [4.69, 9.17) is 4.74 Å². The van der Waals surface area contributed by atoms with Gasteiger partial charge in [-0.05, 0) is 30.7 Å². The first-order chi connectivity index (χ1) is 7.80. The van der Waals surface area contributed by atoms with E-state index in [0.29, 0.717) is 5.92 Å². The third-order valence-electron chi connectivity index (χ3n) is 2.92. The molecule has 2 heteroatoms. The van der Waals surface area contributed by atoms with E-state index in [1.807, 2.05) is 13.1 Å². The van der Waals surface area contributed by atoms with Gasteiger partial charge in [-0.15, -0.1) is 0 Å². The molecule has 0 atom stereocenters. The van der Waals surface area contributed by atoms with Crippen LogP contribution >= 0.6 is 0 Å².